The summed E-state index contributed by atoms with van der Waals surface area (Å²) in [7, 11) is 1.32. The first-order valence-corrected chi connectivity index (χ1v) is 8.77. The molecule has 1 aliphatic rings. The third kappa shape index (κ3) is 3.43. The van der Waals surface area contributed by atoms with E-state index >= 15 is 0 Å². The van der Waals surface area contributed by atoms with E-state index in [1.165, 1.54) is 12.0 Å². The SMILES string of the molecule is COc1cc(F)c(C(=O)N2CCCC(c3nccn3C(C)C)C2)c(F)c1. The molecule has 0 N–H and O–H groups in total. The smallest absolute Gasteiger partial charge is 0.259 e. The predicted octanol–water partition coefficient (Wildman–Crippen LogP) is 3.77. The van der Waals surface area contributed by atoms with E-state index in [-0.39, 0.29) is 17.7 Å². The van der Waals surface area contributed by atoms with Gasteiger partial charge in [0.1, 0.15) is 28.8 Å². The minimum Gasteiger partial charge on any atom is -0.497 e. The van der Waals surface area contributed by atoms with Crippen molar-refractivity contribution in [3.05, 3.63) is 47.5 Å². The van der Waals surface area contributed by atoms with Crippen LogP contribution in [0.1, 0.15) is 54.8 Å². The summed E-state index contributed by atoms with van der Waals surface area (Å²) in [4.78, 5) is 18.7. The zero-order chi connectivity index (χ0) is 18.8. The quantitative estimate of drug-likeness (QED) is 0.831. The minimum atomic E-state index is -0.905. The zero-order valence-electron chi connectivity index (χ0n) is 15.2. The Hall–Kier alpha value is -2.44. The molecule has 0 radical (unpaired) electrons. The van der Waals surface area contributed by atoms with E-state index < -0.39 is 23.1 Å². The molecule has 1 aliphatic heterocycles. The fourth-order valence-corrected chi connectivity index (χ4v) is 3.48. The molecule has 3 rings (SSSR count). The third-order valence-electron chi connectivity index (χ3n) is 4.79. The van der Waals surface area contributed by atoms with E-state index in [1.807, 2.05) is 6.20 Å². The maximum atomic E-state index is 14.3. The number of aromatic nitrogens is 2. The lowest BCUT2D eigenvalue weighted by Crippen LogP contribution is -2.40. The van der Waals surface area contributed by atoms with Gasteiger partial charge >= 0.3 is 0 Å². The Morgan fingerprint density at radius 3 is 2.62 bits per heavy atom. The van der Waals surface area contributed by atoms with Crippen LogP contribution in [0.5, 0.6) is 5.75 Å². The summed E-state index contributed by atoms with van der Waals surface area (Å²) in [5, 5.41) is 0. The summed E-state index contributed by atoms with van der Waals surface area (Å²) in [5.74, 6) is -1.43. The van der Waals surface area contributed by atoms with Gasteiger partial charge in [0.05, 0.1) is 7.11 Å². The maximum absolute atomic E-state index is 14.3. The number of hydrogen-bond donors (Lipinski definition) is 0. The first kappa shape index (κ1) is 18.4. The molecule has 0 spiro atoms. The number of rotatable bonds is 4. The number of halogens is 2. The van der Waals surface area contributed by atoms with Gasteiger partial charge in [-0.3, -0.25) is 4.79 Å². The van der Waals surface area contributed by atoms with Gasteiger partial charge < -0.3 is 14.2 Å². The van der Waals surface area contributed by atoms with Gasteiger partial charge in [-0.2, -0.15) is 0 Å². The number of carbonyl (C=O) groups is 1. The van der Waals surface area contributed by atoms with Crippen molar-refractivity contribution in [2.45, 2.75) is 38.6 Å². The summed E-state index contributed by atoms with van der Waals surface area (Å²) in [6, 6.07) is 2.32. The molecule has 1 aromatic carbocycles. The van der Waals surface area contributed by atoms with Gasteiger partial charge in [0.15, 0.2) is 0 Å². The van der Waals surface area contributed by atoms with Crippen LogP contribution in [0.4, 0.5) is 8.78 Å². The van der Waals surface area contributed by atoms with Crippen molar-refractivity contribution in [3.63, 3.8) is 0 Å². The van der Waals surface area contributed by atoms with Gasteiger partial charge in [0.25, 0.3) is 5.91 Å². The molecule has 1 aromatic heterocycles. The largest absolute Gasteiger partial charge is 0.497 e. The van der Waals surface area contributed by atoms with Gasteiger partial charge in [0, 0.05) is 49.6 Å². The molecule has 5 nitrogen and oxygen atoms in total. The van der Waals surface area contributed by atoms with Gasteiger partial charge in [-0.05, 0) is 26.7 Å². The average molecular weight is 363 g/mol. The van der Waals surface area contributed by atoms with Crippen LogP contribution < -0.4 is 4.74 Å². The van der Waals surface area contributed by atoms with Gasteiger partial charge in [-0.15, -0.1) is 0 Å². The summed E-state index contributed by atoms with van der Waals surface area (Å²) in [6.45, 7) is 5.01. The minimum absolute atomic E-state index is 0.0482. The molecule has 1 atom stereocenters. The number of carbonyl (C=O) groups excluding carboxylic acids is 1. The second kappa shape index (κ2) is 7.43. The van der Waals surface area contributed by atoms with E-state index in [0.29, 0.717) is 13.1 Å². The maximum Gasteiger partial charge on any atom is 0.259 e. The molecule has 1 unspecified atom stereocenters. The van der Waals surface area contributed by atoms with Crippen LogP contribution in [0, 0.1) is 11.6 Å². The lowest BCUT2D eigenvalue weighted by Gasteiger charge is -2.33. The van der Waals surface area contributed by atoms with E-state index in [9.17, 15) is 13.6 Å². The number of hydrogen-bond acceptors (Lipinski definition) is 3. The number of amides is 1. The highest BCUT2D eigenvalue weighted by Gasteiger charge is 2.31. The Morgan fingerprint density at radius 2 is 2.00 bits per heavy atom. The van der Waals surface area contributed by atoms with Gasteiger partial charge in [0.2, 0.25) is 0 Å². The van der Waals surface area contributed by atoms with Crippen molar-refractivity contribution in [2.75, 3.05) is 20.2 Å². The Morgan fingerprint density at radius 1 is 1.31 bits per heavy atom. The topological polar surface area (TPSA) is 47.4 Å². The summed E-state index contributed by atoms with van der Waals surface area (Å²) < 4.78 is 35.4. The third-order valence-corrected chi connectivity index (χ3v) is 4.79. The lowest BCUT2D eigenvalue weighted by molar-refractivity contribution is 0.0693. The van der Waals surface area contributed by atoms with Crippen LogP contribution in [0.15, 0.2) is 24.5 Å². The predicted molar refractivity (Wildman–Crippen MR) is 93.4 cm³/mol. The highest BCUT2D eigenvalue weighted by atomic mass is 19.1. The number of nitrogens with zero attached hydrogens (tertiary/aromatic N) is 3. The second-order valence-corrected chi connectivity index (χ2v) is 6.84. The van der Waals surface area contributed by atoms with E-state index in [1.54, 1.807) is 6.20 Å². The number of imidazole rings is 1. The zero-order valence-corrected chi connectivity index (χ0v) is 15.2. The molecule has 1 saturated heterocycles. The summed E-state index contributed by atoms with van der Waals surface area (Å²) in [5.41, 5.74) is -0.529. The number of methoxy groups -OCH3 is 1. The lowest BCUT2D eigenvalue weighted by atomic mass is 9.96. The molecule has 0 bridgehead atoms. The molecule has 140 valence electrons. The molecule has 1 amide bonds. The van der Waals surface area contributed by atoms with Gasteiger partial charge in [-0.1, -0.05) is 0 Å². The second-order valence-electron chi connectivity index (χ2n) is 6.84. The van der Waals surface area contributed by atoms with Crippen molar-refractivity contribution < 1.29 is 18.3 Å². The first-order chi connectivity index (χ1) is 12.4. The average Bonchev–Trinajstić information content (AvgIpc) is 3.11. The monoisotopic (exact) mass is 363 g/mol. The normalized spacial score (nSPS) is 17.6. The standard InChI is InChI=1S/C19H23F2N3O2/c1-12(2)24-8-6-22-18(24)13-5-4-7-23(11-13)19(25)17-15(20)9-14(26-3)10-16(17)21/h6,8-10,12-13H,4-5,7,11H2,1-3H3. The number of ether oxygens (including phenoxy) is 1. The molecule has 2 heterocycles. The van der Waals surface area contributed by atoms with Crippen molar-refractivity contribution in [2.24, 2.45) is 0 Å². The molecular formula is C19H23F2N3O2. The van der Waals surface area contributed by atoms with Crippen LogP contribution in [0.3, 0.4) is 0 Å². The Labute approximate surface area is 151 Å². The van der Waals surface area contributed by atoms with Crippen molar-refractivity contribution in [1.82, 2.24) is 14.5 Å². The van der Waals surface area contributed by atoms with Gasteiger partial charge in [-0.25, -0.2) is 13.8 Å². The van der Waals surface area contributed by atoms with Crippen molar-refractivity contribution >= 4 is 5.91 Å². The Balaban J connectivity index is 1.84. The number of likely N-dealkylation sites (tertiary alicyclic amines) is 1. The van der Waals surface area contributed by atoms with Crippen molar-refractivity contribution in [1.29, 1.82) is 0 Å². The fraction of sp³-hybridized carbons (Fsp3) is 0.474. The number of piperidine rings is 1. The van der Waals surface area contributed by atoms with E-state index in [0.717, 1.165) is 30.8 Å². The van der Waals surface area contributed by atoms with Crippen LogP contribution in [0.25, 0.3) is 0 Å². The first-order valence-electron chi connectivity index (χ1n) is 8.77. The van der Waals surface area contributed by atoms with E-state index in [4.69, 9.17) is 4.74 Å². The van der Waals surface area contributed by atoms with E-state index in [2.05, 4.69) is 23.4 Å². The van der Waals surface area contributed by atoms with Crippen LogP contribution in [-0.2, 0) is 0 Å². The Kier molecular flexibility index (Phi) is 5.25. The fourth-order valence-electron chi connectivity index (χ4n) is 3.48. The van der Waals surface area contributed by atoms with Crippen LogP contribution in [0.2, 0.25) is 0 Å². The molecule has 0 aliphatic carbocycles. The molecular weight excluding hydrogens is 340 g/mol. The van der Waals surface area contributed by atoms with Crippen LogP contribution >= 0.6 is 0 Å². The number of benzene rings is 1. The highest BCUT2D eigenvalue weighted by molar-refractivity contribution is 5.95. The summed E-state index contributed by atoms with van der Waals surface area (Å²) in [6.07, 6.45) is 5.32. The summed E-state index contributed by atoms with van der Waals surface area (Å²) >= 11 is 0. The van der Waals surface area contributed by atoms with Crippen LogP contribution in [-0.4, -0.2) is 40.6 Å². The highest BCUT2D eigenvalue weighted by Crippen LogP contribution is 2.29. The molecule has 26 heavy (non-hydrogen) atoms. The Bertz CT molecular complexity index is 781. The van der Waals surface area contributed by atoms with Crippen molar-refractivity contribution in [3.8, 4) is 5.75 Å². The molecule has 0 saturated carbocycles. The molecule has 1 fully saturated rings. The molecule has 7 heteroatoms. The molecule has 2 aromatic rings.